The van der Waals surface area contributed by atoms with E-state index in [9.17, 15) is 5.11 Å². The molecule has 1 unspecified atom stereocenters. The van der Waals surface area contributed by atoms with Crippen LogP contribution in [0.15, 0.2) is 6.20 Å². The lowest BCUT2D eigenvalue weighted by Gasteiger charge is -2.28. The third-order valence-electron chi connectivity index (χ3n) is 2.74. The molecule has 3 nitrogen and oxygen atoms in total. The molecule has 0 aromatic carbocycles. The van der Waals surface area contributed by atoms with E-state index in [0.29, 0.717) is 0 Å². The van der Waals surface area contributed by atoms with Gasteiger partial charge in [-0.05, 0) is 19.8 Å². The Labute approximate surface area is 102 Å². The second-order valence-corrected chi connectivity index (χ2v) is 5.60. The second-order valence-electron chi connectivity index (χ2n) is 4.40. The van der Waals surface area contributed by atoms with Crippen LogP contribution in [0.2, 0.25) is 0 Å². The summed E-state index contributed by atoms with van der Waals surface area (Å²) in [5, 5.41) is 14.0. The Morgan fingerprint density at radius 3 is 2.75 bits per heavy atom. The third-order valence-corrected chi connectivity index (χ3v) is 3.89. The molecule has 0 bridgehead atoms. The first-order valence-electron chi connectivity index (χ1n) is 5.93. The van der Waals surface area contributed by atoms with Gasteiger partial charge < -0.3 is 10.4 Å². The number of aliphatic hydroxyl groups excluding tert-OH is 1. The fraction of sp³-hybridized carbons (Fsp3) is 0.750. The van der Waals surface area contributed by atoms with Gasteiger partial charge in [-0.15, -0.1) is 11.3 Å². The first-order chi connectivity index (χ1) is 7.63. The predicted octanol–water partition coefficient (Wildman–Crippen LogP) is 2.35. The van der Waals surface area contributed by atoms with E-state index < -0.39 is 0 Å². The fourth-order valence-electron chi connectivity index (χ4n) is 1.67. The van der Waals surface area contributed by atoms with E-state index in [-0.39, 0.29) is 12.1 Å². The van der Waals surface area contributed by atoms with Crippen molar-refractivity contribution in [3.05, 3.63) is 16.1 Å². The average Bonchev–Trinajstić information content (AvgIpc) is 2.75. The summed E-state index contributed by atoms with van der Waals surface area (Å²) < 4.78 is 0. The molecule has 0 aliphatic rings. The maximum Gasteiger partial charge on any atom is 0.0925 e. The van der Waals surface area contributed by atoms with Gasteiger partial charge >= 0.3 is 0 Å². The van der Waals surface area contributed by atoms with Crippen molar-refractivity contribution in [2.45, 2.75) is 52.1 Å². The number of aryl methyl sites for hydroxylation is 1. The summed E-state index contributed by atoms with van der Waals surface area (Å²) in [6, 6.07) is 0. The fourth-order valence-corrected chi connectivity index (χ4v) is 2.47. The third kappa shape index (κ3) is 3.85. The molecule has 4 heteroatoms. The van der Waals surface area contributed by atoms with Crippen LogP contribution in [0.4, 0.5) is 0 Å². The summed E-state index contributed by atoms with van der Waals surface area (Å²) in [7, 11) is 0. The van der Waals surface area contributed by atoms with Crippen LogP contribution in [0.5, 0.6) is 0 Å². The van der Waals surface area contributed by atoms with Crippen LogP contribution in [-0.2, 0) is 13.0 Å². The van der Waals surface area contributed by atoms with Crippen LogP contribution in [-0.4, -0.2) is 22.2 Å². The number of hydrogen-bond acceptors (Lipinski definition) is 4. The largest absolute Gasteiger partial charge is 0.394 e. The van der Waals surface area contributed by atoms with Crippen molar-refractivity contribution in [1.29, 1.82) is 0 Å². The van der Waals surface area contributed by atoms with E-state index in [1.807, 2.05) is 6.20 Å². The van der Waals surface area contributed by atoms with E-state index in [1.165, 1.54) is 9.88 Å². The van der Waals surface area contributed by atoms with Crippen LogP contribution in [0.1, 0.15) is 43.5 Å². The second kappa shape index (κ2) is 6.33. The topological polar surface area (TPSA) is 45.1 Å². The molecule has 16 heavy (non-hydrogen) atoms. The maximum absolute atomic E-state index is 9.37. The first kappa shape index (κ1) is 13.6. The highest BCUT2D eigenvalue weighted by Crippen LogP contribution is 2.16. The molecule has 0 aliphatic heterocycles. The molecule has 0 aliphatic carbocycles. The molecule has 1 atom stereocenters. The van der Waals surface area contributed by atoms with Gasteiger partial charge in [0.1, 0.15) is 0 Å². The zero-order chi connectivity index (χ0) is 12.0. The van der Waals surface area contributed by atoms with Crippen molar-refractivity contribution in [2.24, 2.45) is 0 Å². The Morgan fingerprint density at radius 2 is 2.25 bits per heavy atom. The van der Waals surface area contributed by atoms with Gasteiger partial charge in [-0.1, -0.05) is 20.3 Å². The Hall–Kier alpha value is -0.450. The van der Waals surface area contributed by atoms with E-state index in [2.05, 4.69) is 31.1 Å². The Bertz CT molecular complexity index is 314. The highest BCUT2D eigenvalue weighted by molar-refractivity contribution is 7.11. The SMILES string of the molecule is CCCC(C)(CO)NCc1cnc(CC)s1. The van der Waals surface area contributed by atoms with Gasteiger partial charge in [0.2, 0.25) is 0 Å². The lowest BCUT2D eigenvalue weighted by atomic mass is 9.97. The van der Waals surface area contributed by atoms with Crippen LogP contribution in [0.25, 0.3) is 0 Å². The van der Waals surface area contributed by atoms with E-state index in [4.69, 9.17) is 0 Å². The Morgan fingerprint density at radius 1 is 1.50 bits per heavy atom. The van der Waals surface area contributed by atoms with Crippen LogP contribution in [0, 0.1) is 0 Å². The molecule has 0 radical (unpaired) electrons. The predicted molar refractivity (Wildman–Crippen MR) is 68.7 cm³/mol. The van der Waals surface area contributed by atoms with Gasteiger partial charge in [0.15, 0.2) is 0 Å². The summed E-state index contributed by atoms with van der Waals surface area (Å²) in [5.74, 6) is 0. The normalized spacial score (nSPS) is 15.0. The zero-order valence-electron chi connectivity index (χ0n) is 10.4. The minimum atomic E-state index is -0.162. The molecular weight excluding hydrogens is 220 g/mol. The van der Waals surface area contributed by atoms with Crippen molar-refractivity contribution in [3.8, 4) is 0 Å². The number of thiazole rings is 1. The lowest BCUT2D eigenvalue weighted by molar-refractivity contribution is 0.163. The first-order valence-corrected chi connectivity index (χ1v) is 6.74. The number of aromatic nitrogens is 1. The zero-order valence-corrected chi connectivity index (χ0v) is 11.2. The highest BCUT2D eigenvalue weighted by atomic mass is 32.1. The maximum atomic E-state index is 9.37. The number of hydrogen-bond donors (Lipinski definition) is 2. The molecule has 1 heterocycles. The van der Waals surface area contributed by atoms with E-state index in [1.54, 1.807) is 11.3 Å². The number of aliphatic hydroxyl groups is 1. The summed E-state index contributed by atoms with van der Waals surface area (Å²) >= 11 is 1.75. The lowest BCUT2D eigenvalue weighted by Crippen LogP contribution is -2.44. The van der Waals surface area contributed by atoms with Crippen molar-refractivity contribution in [3.63, 3.8) is 0 Å². The molecule has 1 rings (SSSR count). The summed E-state index contributed by atoms with van der Waals surface area (Å²) in [6.07, 6.45) is 4.99. The summed E-state index contributed by atoms with van der Waals surface area (Å²) in [4.78, 5) is 5.57. The van der Waals surface area contributed by atoms with Gasteiger partial charge in [0.25, 0.3) is 0 Å². The molecule has 0 saturated carbocycles. The van der Waals surface area contributed by atoms with Crippen molar-refractivity contribution in [2.75, 3.05) is 6.61 Å². The molecule has 1 aromatic heterocycles. The average molecular weight is 242 g/mol. The van der Waals surface area contributed by atoms with Gasteiger partial charge in [-0.3, -0.25) is 0 Å². The Kier molecular flexibility index (Phi) is 5.38. The molecule has 0 fully saturated rings. The highest BCUT2D eigenvalue weighted by Gasteiger charge is 2.21. The number of nitrogens with one attached hydrogen (secondary N) is 1. The van der Waals surface area contributed by atoms with Crippen LogP contribution < -0.4 is 5.32 Å². The minimum absolute atomic E-state index is 0.162. The molecule has 0 amide bonds. The molecular formula is C12H22N2OS. The Balaban J connectivity index is 2.48. The number of nitrogens with zero attached hydrogens (tertiary/aromatic N) is 1. The monoisotopic (exact) mass is 242 g/mol. The number of rotatable bonds is 7. The van der Waals surface area contributed by atoms with E-state index in [0.717, 1.165) is 25.8 Å². The molecule has 92 valence electrons. The van der Waals surface area contributed by atoms with Crippen molar-refractivity contribution < 1.29 is 5.11 Å². The van der Waals surface area contributed by atoms with Crippen LogP contribution >= 0.6 is 11.3 Å². The van der Waals surface area contributed by atoms with E-state index >= 15 is 0 Å². The van der Waals surface area contributed by atoms with Crippen molar-refractivity contribution >= 4 is 11.3 Å². The standard InChI is InChI=1S/C12H22N2OS/c1-4-6-12(3,9-15)14-8-10-7-13-11(5-2)16-10/h7,14-15H,4-6,8-9H2,1-3H3. The summed E-state index contributed by atoms with van der Waals surface area (Å²) in [6.45, 7) is 7.30. The molecule has 1 aromatic rings. The van der Waals surface area contributed by atoms with Gasteiger partial charge in [-0.2, -0.15) is 0 Å². The minimum Gasteiger partial charge on any atom is -0.394 e. The van der Waals surface area contributed by atoms with Crippen molar-refractivity contribution in [1.82, 2.24) is 10.3 Å². The van der Waals surface area contributed by atoms with Gasteiger partial charge in [-0.25, -0.2) is 4.98 Å². The van der Waals surface area contributed by atoms with Gasteiger partial charge in [0, 0.05) is 23.2 Å². The molecule has 2 N–H and O–H groups in total. The quantitative estimate of drug-likeness (QED) is 0.771. The van der Waals surface area contributed by atoms with Crippen LogP contribution in [0.3, 0.4) is 0 Å². The molecule has 0 saturated heterocycles. The van der Waals surface area contributed by atoms with Gasteiger partial charge in [0.05, 0.1) is 11.6 Å². The molecule has 0 spiro atoms. The smallest absolute Gasteiger partial charge is 0.0925 e. The summed E-state index contributed by atoms with van der Waals surface area (Å²) in [5.41, 5.74) is -0.162.